The third kappa shape index (κ3) is 3.46. The van der Waals surface area contributed by atoms with Gasteiger partial charge in [0.05, 0.1) is 25.5 Å². The number of thiocarbonyl (C=S) groups is 1. The van der Waals surface area contributed by atoms with Crippen molar-refractivity contribution in [3.8, 4) is 0 Å². The first-order chi connectivity index (χ1) is 9.08. The molecule has 0 radical (unpaired) electrons. The fourth-order valence-corrected chi connectivity index (χ4v) is 1.75. The molecule has 1 amide bonds. The number of nitrogens with two attached hydrogens (primary N) is 1. The second kappa shape index (κ2) is 6.05. The number of amides is 1. The first-order valence-electron chi connectivity index (χ1n) is 5.67. The van der Waals surface area contributed by atoms with Gasteiger partial charge in [-0.05, 0) is 18.2 Å². The van der Waals surface area contributed by atoms with Crippen molar-refractivity contribution in [3.05, 3.63) is 29.6 Å². The highest BCUT2D eigenvalue weighted by atomic mass is 32.1. The average molecular weight is 284 g/mol. The van der Waals surface area contributed by atoms with Crippen LogP contribution in [0.4, 0.5) is 10.1 Å². The Bertz CT molecular complexity index is 504. The lowest BCUT2D eigenvalue weighted by Gasteiger charge is -2.22. The Morgan fingerprint density at radius 2 is 2.26 bits per heavy atom. The summed E-state index contributed by atoms with van der Waals surface area (Å²) in [7, 11) is 0. The predicted octanol–water partition coefficient (Wildman–Crippen LogP) is 0.814. The van der Waals surface area contributed by atoms with Crippen molar-refractivity contribution in [1.29, 1.82) is 0 Å². The molecule has 3 N–H and O–H groups in total. The lowest BCUT2D eigenvalue weighted by molar-refractivity contribution is -0.142. The van der Waals surface area contributed by atoms with Crippen LogP contribution < -0.4 is 11.1 Å². The molecule has 1 saturated heterocycles. The second-order valence-corrected chi connectivity index (χ2v) is 4.42. The number of halogens is 1. The van der Waals surface area contributed by atoms with Crippen molar-refractivity contribution >= 4 is 28.8 Å². The van der Waals surface area contributed by atoms with Crippen LogP contribution in [0.3, 0.4) is 0 Å². The number of hydrogen-bond donors (Lipinski definition) is 2. The van der Waals surface area contributed by atoms with E-state index in [0.717, 1.165) is 0 Å². The maximum Gasteiger partial charge on any atom is 0.255 e. The van der Waals surface area contributed by atoms with Gasteiger partial charge in [0, 0.05) is 5.56 Å². The smallest absolute Gasteiger partial charge is 0.255 e. The zero-order chi connectivity index (χ0) is 13.8. The monoisotopic (exact) mass is 284 g/mol. The highest BCUT2D eigenvalue weighted by molar-refractivity contribution is 7.80. The SMILES string of the molecule is NC(=S)c1ccc(NC(=O)C2COCCO2)c(F)c1. The summed E-state index contributed by atoms with van der Waals surface area (Å²) in [4.78, 5) is 11.9. The number of ether oxygens (including phenoxy) is 2. The first kappa shape index (κ1) is 13.9. The molecule has 1 aliphatic rings. The second-order valence-electron chi connectivity index (χ2n) is 3.98. The van der Waals surface area contributed by atoms with Crippen molar-refractivity contribution in [2.24, 2.45) is 5.73 Å². The number of hydrogen-bond acceptors (Lipinski definition) is 4. The van der Waals surface area contributed by atoms with Crippen molar-refractivity contribution in [3.63, 3.8) is 0 Å². The molecule has 1 heterocycles. The molecule has 1 fully saturated rings. The number of rotatable bonds is 3. The van der Waals surface area contributed by atoms with Gasteiger partial charge < -0.3 is 20.5 Å². The predicted molar refractivity (Wildman–Crippen MR) is 71.5 cm³/mol. The number of nitrogens with one attached hydrogen (secondary N) is 1. The molecule has 1 aromatic rings. The Labute approximate surface area is 114 Å². The molecule has 0 aliphatic carbocycles. The molecular weight excluding hydrogens is 271 g/mol. The maximum atomic E-state index is 13.7. The van der Waals surface area contributed by atoms with Gasteiger partial charge in [-0.3, -0.25) is 4.79 Å². The van der Waals surface area contributed by atoms with E-state index in [9.17, 15) is 9.18 Å². The molecule has 19 heavy (non-hydrogen) atoms. The number of carbonyl (C=O) groups excluding carboxylic acids is 1. The van der Waals surface area contributed by atoms with Gasteiger partial charge in [-0.2, -0.15) is 0 Å². The summed E-state index contributed by atoms with van der Waals surface area (Å²) in [5.41, 5.74) is 5.85. The third-order valence-corrected chi connectivity index (χ3v) is 2.86. The molecule has 5 nitrogen and oxygen atoms in total. The molecule has 7 heteroatoms. The van der Waals surface area contributed by atoms with Crippen LogP contribution in [0.15, 0.2) is 18.2 Å². The molecule has 102 valence electrons. The minimum atomic E-state index is -0.719. The first-order valence-corrected chi connectivity index (χ1v) is 6.08. The molecule has 1 aliphatic heterocycles. The Balaban J connectivity index is 2.06. The lowest BCUT2D eigenvalue weighted by Crippen LogP contribution is -2.39. The lowest BCUT2D eigenvalue weighted by atomic mass is 10.2. The van der Waals surface area contributed by atoms with Gasteiger partial charge in [0.2, 0.25) is 0 Å². The summed E-state index contributed by atoms with van der Waals surface area (Å²) in [6, 6.07) is 4.13. The van der Waals surface area contributed by atoms with E-state index >= 15 is 0 Å². The van der Waals surface area contributed by atoms with E-state index in [0.29, 0.717) is 18.8 Å². The highest BCUT2D eigenvalue weighted by Crippen LogP contribution is 2.16. The molecule has 1 aromatic carbocycles. The fourth-order valence-electron chi connectivity index (χ4n) is 1.62. The summed E-state index contributed by atoms with van der Waals surface area (Å²) in [5.74, 6) is -1.04. The van der Waals surface area contributed by atoms with E-state index in [4.69, 9.17) is 27.4 Å². The quantitative estimate of drug-likeness (QED) is 0.804. The number of carbonyl (C=O) groups is 1. The van der Waals surface area contributed by atoms with Crippen LogP contribution in [0.25, 0.3) is 0 Å². The van der Waals surface area contributed by atoms with E-state index in [1.165, 1.54) is 12.1 Å². The Morgan fingerprint density at radius 1 is 1.47 bits per heavy atom. The average Bonchev–Trinajstić information content (AvgIpc) is 2.41. The zero-order valence-corrected chi connectivity index (χ0v) is 10.8. The highest BCUT2D eigenvalue weighted by Gasteiger charge is 2.23. The van der Waals surface area contributed by atoms with Gasteiger partial charge in [0.15, 0.2) is 6.10 Å². The summed E-state index contributed by atoms with van der Waals surface area (Å²) in [6.07, 6.45) is -0.719. The maximum absolute atomic E-state index is 13.7. The Morgan fingerprint density at radius 3 is 2.84 bits per heavy atom. The van der Waals surface area contributed by atoms with E-state index in [2.05, 4.69) is 5.32 Å². The largest absolute Gasteiger partial charge is 0.389 e. The van der Waals surface area contributed by atoms with Crippen LogP contribution in [0.1, 0.15) is 5.56 Å². The minimum absolute atomic E-state index is 0.0548. The van der Waals surface area contributed by atoms with Gasteiger partial charge in [-0.1, -0.05) is 12.2 Å². The third-order valence-electron chi connectivity index (χ3n) is 2.62. The molecule has 0 spiro atoms. The fraction of sp³-hybridized carbons (Fsp3) is 0.333. The van der Waals surface area contributed by atoms with Crippen LogP contribution in [-0.2, 0) is 14.3 Å². The summed E-state index contributed by atoms with van der Waals surface area (Å²) in [5, 5.41) is 2.44. The molecule has 1 unspecified atom stereocenters. The van der Waals surface area contributed by atoms with Crippen LogP contribution in [0, 0.1) is 5.82 Å². The number of anilines is 1. The Kier molecular flexibility index (Phi) is 4.41. The van der Waals surface area contributed by atoms with E-state index in [-0.39, 0.29) is 17.3 Å². The molecule has 0 saturated carbocycles. The van der Waals surface area contributed by atoms with E-state index in [1.807, 2.05) is 0 Å². The van der Waals surface area contributed by atoms with Gasteiger partial charge >= 0.3 is 0 Å². The normalized spacial score (nSPS) is 18.9. The molecule has 0 bridgehead atoms. The number of benzene rings is 1. The zero-order valence-electron chi connectivity index (χ0n) is 10.0. The summed E-state index contributed by atoms with van der Waals surface area (Å²) >= 11 is 4.74. The van der Waals surface area contributed by atoms with E-state index < -0.39 is 17.8 Å². The van der Waals surface area contributed by atoms with Gasteiger partial charge in [-0.15, -0.1) is 0 Å². The summed E-state index contributed by atoms with van der Waals surface area (Å²) < 4.78 is 24.1. The van der Waals surface area contributed by atoms with E-state index in [1.54, 1.807) is 6.07 Å². The van der Waals surface area contributed by atoms with Crippen LogP contribution in [-0.4, -0.2) is 36.8 Å². The van der Waals surface area contributed by atoms with Crippen molar-refractivity contribution in [2.75, 3.05) is 25.1 Å². The molecule has 0 aromatic heterocycles. The van der Waals surface area contributed by atoms with Gasteiger partial charge in [-0.25, -0.2) is 4.39 Å². The van der Waals surface area contributed by atoms with Gasteiger partial charge in [0.1, 0.15) is 10.8 Å². The van der Waals surface area contributed by atoms with Crippen molar-refractivity contribution in [1.82, 2.24) is 0 Å². The van der Waals surface area contributed by atoms with Crippen LogP contribution in [0.5, 0.6) is 0 Å². The minimum Gasteiger partial charge on any atom is -0.389 e. The van der Waals surface area contributed by atoms with Crippen LogP contribution in [0.2, 0.25) is 0 Å². The van der Waals surface area contributed by atoms with Gasteiger partial charge in [0.25, 0.3) is 5.91 Å². The molecular formula is C12H13FN2O3S. The standard InChI is InChI=1S/C12H13FN2O3S/c13-8-5-7(11(14)19)1-2-9(8)15-12(16)10-6-17-3-4-18-10/h1-2,5,10H,3-4,6H2,(H2,14,19)(H,15,16). The van der Waals surface area contributed by atoms with Crippen molar-refractivity contribution in [2.45, 2.75) is 6.10 Å². The topological polar surface area (TPSA) is 73.6 Å². The van der Waals surface area contributed by atoms with Crippen molar-refractivity contribution < 1.29 is 18.7 Å². The Hall–Kier alpha value is -1.57. The summed E-state index contributed by atoms with van der Waals surface area (Å²) in [6.45, 7) is 0.972. The van der Waals surface area contributed by atoms with Crippen LogP contribution >= 0.6 is 12.2 Å². The molecule has 1 atom stereocenters. The molecule has 2 rings (SSSR count).